The molecule has 0 amide bonds. The van der Waals surface area contributed by atoms with Gasteiger partial charge >= 0.3 is 12.1 Å². The molecule has 30 heavy (non-hydrogen) atoms. The van der Waals surface area contributed by atoms with Gasteiger partial charge in [0.15, 0.2) is 0 Å². The SMILES string of the molecule is CCOC(=O)c1cnc(N2CC3CC3C2)nc1NCc1ccc(C)c(C(F)(F)F)c1. The summed E-state index contributed by atoms with van der Waals surface area (Å²) >= 11 is 0. The highest BCUT2D eigenvalue weighted by Crippen LogP contribution is 2.45. The number of fused-ring (bicyclic) bond motifs is 1. The van der Waals surface area contributed by atoms with Crippen molar-refractivity contribution in [3.05, 3.63) is 46.6 Å². The van der Waals surface area contributed by atoms with Crippen molar-refractivity contribution in [3.8, 4) is 0 Å². The van der Waals surface area contributed by atoms with Crippen molar-refractivity contribution in [2.24, 2.45) is 11.8 Å². The standard InChI is InChI=1S/C21H23F3N4O2/c1-3-30-19(29)16-9-26-20(28-10-14-7-15(14)11-28)27-18(16)25-8-13-5-4-12(2)17(6-13)21(22,23)24/h4-6,9,14-15H,3,7-8,10-11H2,1-2H3,(H,25,26,27). The summed E-state index contributed by atoms with van der Waals surface area (Å²) in [5, 5.41) is 3.01. The molecule has 9 heteroatoms. The summed E-state index contributed by atoms with van der Waals surface area (Å²) < 4.78 is 44.7. The lowest BCUT2D eigenvalue weighted by molar-refractivity contribution is -0.138. The van der Waals surface area contributed by atoms with Crippen molar-refractivity contribution in [1.82, 2.24) is 9.97 Å². The quantitative estimate of drug-likeness (QED) is 0.712. The maximum atomic E-state index is 13.2. The van der Waals surface area contributed by atoms with Gasteiger partial charge in [0, 0.05) is 25.8 Å². The van der Waals surface area contributed by atoms with E-state index < -0.39 is 17.7 Å². The maximum absolute atomic E-state index is 13.2. The molecular weight excluding hydrogens is 397 g/mol. The van der Waals surface area contributed by atoms with Crippen molar-refractivity contribution in [3.63, 3.8) is 0 Å². The zero-order chi connectivity index (χ0) is 21.5. The van der Waals surface area contributed by atoms with Gasteiger partial charge in [0.25, 0.3) is 0 Å². The monoisotopic (exact) mass is 420 g/mol. The molecule has 0 radical (unpaired) electrons. The zero-order valence-corrected chi connectivity index (χ0v) is 16.8. The van der Waals surface area contributed by atoms with Gasteiger partial charge in [0.05, 0.1) is 12.2 Å². The van der Waals surface area contributed by atoms with E-state index in [2.05, 4.69) is 20.2 Å². The summed E-state index contributed by atoms with van der Waals surface area (Å²) in [6, 6.07) is 4.17. The van der Waals surface area contributed by atoms with Crippen LogP contribution in [0.1, 0.15) is 40.4 Å². The lowest BCUT2D eigenvalue weighted by Crippen LogP contribution is -2.25. The summed E-state index contributed by atoms with van der Waals surface area (Å²) in [7, 11) is 0. The number of carbonyl (C=O) groups is 1. The van der Waals surface area contributed by atoms with E-state index in [0.717, 1.165) is 19.2 Å². The molecule has 2 unspecified atom stereocenters. The molecule has 0 bridgehead atoms. The van der Waals surface area contributed by atoms with Crippen LogP contribution in [0.25, 0.3) is 0 Å². The van der Waals surface area contributed by atoms with E-state index in [0.29, 0.717) is 23.3 Å². The van der Waals surface area contributed by atoms with Crippen molar-refractivity contribution in [2.45, 2.75) is 33.0 Å². The summed E-state index contributed by atoms with van der Waals surface area (Å²) in [6.07, 6.45) is -1.77. The molecule has 2 aliphatic rings. The lowest BCUT2D eigenvalue weighted by Gasteiger charge is -2.20. The first-order valence-corrected chi connectivity index (χ1v) is 9.96. The van der Waals surface area contributed by atoms with E-state index in [1.807, 2.05) is 0 Å². The van der Waals surface area contributed by atoms with Crippen LogP contribution in [0.4, 0.5) is 24.9 Å². The third kappa shape index (κ3) is 4.20. The number of esters is 1. The van der Waals surface area contributed by atoms with Crippen LogP contribution in [0, 0.1) is 18.8 Å². The minimum absolute atomic E-state index is 0.0808. The Kier molecular flexibility index (Phi) is 5.29. The number of ether oxygens (including phenoxy) is 1. The summed E-state index contributed by atoms with van der Waals surface area (Å²) in [5.74, 6) is 1.56. The van der Waals surface area contributed by atoms with Crippen LogP contribution < -0.4 is 10.2 Å². The maximum Gasteiger partial charge on any atom is 0.416 e. The number of nitrogens with zero attached hydrogens (tertiary/aromatic N) is 3. The summed E-state index contributed by atoms with van der Waals surface area (Å²) in [5.41, 5.74) is 0.0842. The number of nitrogens with one attached hydrogen (secondary N) is 1. The fourth-order valence-electron chi connectivity index (χ4n) is 3.85. The second kappa shape index (κ2) is 7.77. The first kappa shape index (κ1) is 20.4. The Morgan fingerprint density at radius 1 is 1.30 bits per heavy atom. The van der Waals surface area contributed by atoms with Crippen LogP contribution in [0.5, 0.6) is 0 Å². The van der Waals surface area contributed by atoms with Crippen LogP contribution >= 0.6 is 0 Å². The van der Waals surface area contributed by atoms with Crippen LogP contribution in [-0.4, -0.2) is 35.6 Å². The van der Waals surface area contributed by atoms with Gasteiger partial charge in [-0.15, -0.1) is 0 Å². The first-order chi connectivity index (χ1) is 14.3. The van der Waals surface area contributed by atoms with Crippen molar-refractivity contribution in [2.75, 3.05) is 29.9 Å². The Balaban J connectivity index is 1.57. The number of benzene rings is 1. The van der Waals surface area contributed by atoms with Gasteiger partial charge in [-0.2, -0.15) is 18.2 Å². The van der Waals surface area contributed by atoms with E-state index in [9.17, 15) is 18.0 Å². The normalized spacial score (nSPS) is 20.1. The molecule has 1 aromatic heterocycles. The van der Waals surface area contributed by atoms with E-state index >= 15 is 0 Å². The predicted molar refractivity (Wildman–Crippen MR) is 105 cm³/mol. The lowest BCUT2D eigenvalue weighted by atomic mass is 10.0. The Bertz CT molecular complexity index is 954. The van der Waals surface area contributed by atoms with E-state index in [4.69, 9.17) is 4.74 Å². The smallest absolute Gasteiger partial charge is 0.416 e. The van der Waals surface area contributed by atoms with Crippen molar-refractivity contribution < 1.29 is 22.7 Å². The molecule has 160 valence electrons. The van der Waals surface area contributed by atoms with Gasteiger partial charge in [-0.3, -0.25) is 0 Å². The third-order valence-corrected chi connectivity index (χ3v) is 5.60. The van der Waals surface area contributed by atoms with Crippen molar-refractivity contribution >= 4 is 17.7 Å². The molecule has 1 aromatic carbocycles. The third-order valence-electron chi connectivity index (χ3n) is 5.60. The molecule has 2 aromatic rings. The Morgan fingerprint density at radius 3 is 2.70 bits per heavy atom. The number of rotatable bonds is 6. The molecule has 1 aliphatic carbocycles. The molecule has 2 heterocycles. The number of anilines is 2. The van der Waals surface area contributed by atoms with Crippen LogP contribution in [0.3, 0.4) is 0 Å². The van der Waals surface area contributed by atoms with Gasteiger partial charge in [0.1, 0.15) is 11.4 Å². The average molecular weight is 420 g/mol. The molecule has 1 aliphatic heterocycles. The van der Waals surface area contributed by atoms with E-state index in [-0.39, 0.29) is 30.1 Å². The predicted octanol–water partition coefficient (Wildman–Crippen LogP) is 4.05. The Morgan fingerprint density at radius 2 is 2.03 bits per heavy atom. The first-order valence-electron chi connectivity index (χ1n) is 9.96. The fourth-order valence-corrected chi connectivity index (χ4v) is 3.85. The molecule has 0 spiro atoms. The molecule has 2 fully saturated rings. The number of hydrogen-bond donors (Lipinski definition) is 1. The van der Waals surface area contributed by atoms with Gasteiger partial charge < -0.3 is 15.0 Å². The largest absolute Gasteiger partial charge is 0.462 e. The fraction of sp³-hybridized carbons (Fsp3) is 0.476. The highest BCUT2D eigenvalue weighted by atomic mass is 19.4. The number of halogens is 3. The number of piperidine rings is 1. The number of carbonyl (C=O) groups excluding carboxylic acids is 1. The highest BCUT2D eigenvalue weighted by Gasteiger charge is 2.46. The highest BCUT2D eigenvalue weighted by molar-refractivity contribution is 5.94. The summed E-state index contributed by atoms with van der Waals surface area (Å²) in [6.45, 7) is 5.17. The second-order valence-corrected chi connectivity index (χ2v) is 7.81. The zero-order valence-electron chi connectivity index (χ0n) is 16.8. The van der Waals surface area contributed by atoms with Crippen LogP contribution in [0.2, 0.25) is 0 Å². The summed E-state index contributed by atoms with van der Waals surface area (Å²) in [4.78, 5) is 23.2. The molecular formula is C21H23F3N4O2. The second-order valence-electron chi connectivity index (χ2n) is 7.81. The van der Waals surface area contributed by atoms with Gasteiger partial charge in [-0.25, -0.2) is 9.78 Å². The number of hydrogen-bond acceptors (Lipinski definition) is 6. The Hall–Kier alpha value is -2.84. The number of aryl methyl sites for hydroxylation is 1. The molecule has 1 saturated carbocycles. The topological polar surface area (TPSA) is 67.3 Å². The minimum atomic E-state index is -4.42. The van der Waals surface area contributed by atoms with E-state index in [1.54, 1.807) is 13.0 Å². The molecule has 4 rings (SSSR count). The average Bonchev–Trinajstić information content (AvgIpc) is 3.31. The van der Waals surface area contributed by atoms with Gasteiger partial charge in [0.2, 0.25) is 5.95 Å². The molecule has 2 atom stereocenters. The Labute approximate surface area is 172 Å². The molecule has 1 N–H and O–H groups in total. The molecule has 1 saturated heterocycles. The van der Waals surface area contributed by atoms with Crippen LogP contribution in [0.15, 0.2) is 24.4 Å². The van der Waals surface area contributed by atoms with Gasteiger partial charge in [-0.05, 0) is 49.3 Å². The van der Waals surface area contributed by atoms with Gasteiger partial charge in [-0.1, -0.05) is 12.1 Å². The number of aromatic nitrogens is 2. The minimum Gasteiger partial charge on any atom is -0.462 e. The number of alkyl halides is 3. The van der Waals surface area contributed by atoms with Crippen molar-refractivity contribution in [1.29, 1.82) is 0 Å². The molecule has 6 nitrogen and oxygen atoms in total. The van der Waals surface area contributed by atoms with E-state index in [1.165, 1.54) is 25.6 Å². The van der Waals surface area contributed by atoms with Crippen LogP contribution in [-0.2, 0) is 17.5 Å².